The van der Waals surface area contributed by atoms with Gasteiger partial charge in [-0.2, -0.15) is 5.26 Å². The van der Waals surface area contributed by atoms with E-state index in [0.29, 0.717) is 30.3 Å². The molecule has 0 fully saturated rings. The van der Waals surface area contributed by atoms with Gasteiger partial charge in [0, 0.05) is 0 Å². The lowest BCUT2D eigenvalue weighted by Gasteiger charge is -2.20. The summed E-state index contributed by atoms with van der Waals surface area (Å²) in [6.07, 6.45) is 8.95. The van der Waals surface area contributed by atoms with Gasteiger partial charge in [-0.05, 0) is 62.4 Å². The molecule has 2 aromatic rings. The maximum atomic E-state index is 11.9. The number of hydrogen-bond acceptors (Lipinski definition) is 5. The molecule has 0 bridgehead atoms. The second-order valence-electron chi connectivity index (χ2n) is 9.29. The monoisotopic (exact) mass is 477 g/mol. The molecule has 0 spiro atoms. The highest BCUT2D eigenvalue weighted by Crippen LogP contribution is 2.30. The molecule has 0 saturated heterocycles. The molecule has 0 aromatic heterocycles. The van der Waals surface area contributed by atoms with Crippen molar-refractivity contribution in [2.24, 2.45) is 5.41 Å². The lowest BCUT2D eigenvalue weighted by atomic mass is 9.91. The van der Waals surface area contributed by atoms with Crippen molar-refractivity contribution < 1.29 is 19.0 Å². The van der Waals surface area contributed by atoms with E-state index in [2.05, 4.69) is 6.07 Å². The minimum Gasteiger partial charge on any atom is -0.493 e. The fourth-order valence-electron chi connectivity index (χ4n) is 3.46. The van der Waals surface area contributed by atoms with Crippen molar-refractivity contribution in [2.75, 3.05) is 20.3 Å². The molecule has 5 nitrogen and oxygen atoms in total. The second-order valence-corrected chi connectivity index (χ2v) is 9.29. The molecular formula is C30H39NO4. The van der Waals surface area contributed by atoms with Crippen LogP contribution in [0, 0.1) is 16.7 Å². The third-order valence-electron chi connectivity index (χ3n) is 6.17. The van der Waals surface area contributed by atoms with Crippen LogP contribution in [-0.2, 0) is 9.53 Å². The molecule has 2 aromatic carbocycles. The zero-order valence-electron chi connectivity index (χ0n) is 21.6. The Morgan fingerprint density at radius 3 is 2.23 bits per heavy atom. The predicted molar refractivity (Wildman–Crippen MR) is 141 cm³/mol. The summed E-state index contributed by atoms with van der Waals surface area (Å²) in [7, 11) is 1.62. The molecule has 5 heteroatoms. The summed E-state index contributed by atoms with van der Waals surface area (Å²) in [4.78, 5) is 11.9. The number of rotatable bonds is 15. The van der Waals surface area contributed by atoms with Gasteiger partial charge in [0.2, 0.25) is 0 Å². The van der Waals surface area contributed by atoms with Gasteiger partial charge < -0.3 is 14.2 Å². The molecule has 0 atom stereocenters. The number of esters is 1. The number of nitriles is 1. The van der Waals surface area contributed by atoms with Crippen molar-refractivity contribution in [1.82, 2.24) is 0 Å². The first-order valence-corrected chi connectivity index (χ1v) is 12.6. The molecular weight excluding hydrogens is 438 g/mol. The normalized spacial score (nSPS) is 11.6. The summed E-state index contributed by atoms with van der Waals surface area (Å²) < 4.78 is 16.8. The van der Waals surface area contributed by atoms with Gasteiger partial charge in [-0.1, -0.05) is 69.0 Å². The Morgan fingerprint density at radius 1 is 0.943 bits per heavy atom. The van der Waals surface area contributed by atoms with Gasteiger partial charge >= 0.3 is 5.97 Å². The molecule has 0 heterocycles. The average Bonchev–Trinajstić information content (AvgIpc) is 2.88. The van der Waals surface area contributed by atoms with Crippen LogP contribution >= 0.6 is 0 Å². The van der Waals surface area contributed by atoms with E-state index in [-0.39, 0.29) is 11.4 Å². The van der Waals surface area contributed by atoms with Crippen LogP contribution in [0.5, 0.6) is 11.5 Å². The van der Waals surface area contributed by atoms with E-state index < -0.39 is 0 Å². The first-order chi connectivity index (χ1) is 16.9. The van der Waals surface area contributed by atoms with E-state index in [1.54, 1.807) is 7.11 Å². The largest absolute Gasteiger partial charge is 0.493 e. The summed E-state index contributed by atoms with van der Waals surface area (Å²) in [5.74, 6) is 1.27. The van der Waals surface area contributed by atoms with Crippen molar-refractivity contribution in [1.29, 1.82) is 5.26 Å². The topological polar surface area (TPSA) is 68.5 Å². The van der Waals surface area contributed by atoms with Crippen LogP contribution in [-0.4, -0.2) is 26.3 Å². The quantitative estimate of drug-likeness (QED) is 0.115. The zero-order valence-corrected chi connectivity index (χ0v) is 21.6. The third-order valence-corrected chi connectivity index (χ3v) is 6.17. The molecule has 0 saturated carbocycles. The van der Waals surface area contributed by atoms with Crippen molar-refractivity contribution in [3.8, 4) is 17.6 Å². The van der Waals surface area contributed by atoms with Crippen LogP contribution in [0.4, 0.5) is 0 Å². The number of allylic oxidation sites excluding steroid dienone is 1. The van der Waals surface area contributed by atoms with E-state index in [4.69, 9.17) is 14.2 Å². The van der Waals surface area contributed by atoms with Crippen LogP contribution in [0.15, 0.2) is 48.5 Å². The Morgan fingerprint density at radius 2 is 1.60 bits per heavy atom. The number of benzene rings is 2. The van der Waals surface area contributed by atoms with Crippen LogP contribution < -0.4 is 9.47 Å². The van der Waals surface area contributed by atoms with E-state index in [1.165, 1.54) is 0 Å². The van der Waals surface area contributed by atoms with Gasteiger partial charge in [0.1, 0.15) is 0 Å². The van der Waals surface area contributed by atoms with Gasteiger partial charge in [-0.3, -0.25) is 4.79 Å². The number of unbranched alkanes of at least 4 members (excludes halogenated alkanes) is 5. The Hall–Kier alpha value is -3.26. The number of carbonyl (C=O) groups excluding carboxylic acids is 1. The molecule has 0 aliphatic heterocycles. The van der Waals surface area contributed by atoms with Crippen LogP contribution in [0.1, 0.15) is 76.8 Å². The predicted octanol–water partition coefficient (Wildman–Crippen LogP) is 7.46. The van der Waals surface area contributed by atoms with E-state index in [0.717, 1.165) is 56.1 Å². The van der Waals surface area contributed by atoms with Gasteiger partial charge in [0.05, 0.1) is 37.4 Å². The van der Waals surface area contributed by atoms with Crippen LogP contribution in [0.3, 0.4) is 0 Å². The maximum absolute atomic E-state index is 11.9. The Kier molecular flexibility index (Phi) is 11.9. The first-order valence-electron chi connectivity index (χ1n) is 12.6. The van der Waals surface area contributed by atoms with Crippen molar-refractivity contribution in [2.45, 2.75) is 65.7 Å². The van der Waals surface area contributed by atoms with Gasteiger partial charge in [0.25, 0.3) is 0 Å². The standard InChI is InChI=1S/C30H39NO4/c1-5-30(2,3)29(32)35-20-14-9-7-6-8-13-19-34-27-18-17-24(22-28(27)33-4)21-26(23-31)25-15-11-10-12-16-25/h10-12,15-18,21-22H,5-9,13-14,19-20H2,1-4H3/b26-21+. The van der Waals surface area contributed by atoms with Crippen molar-refractivity contribution >= 4 is 17.6 Å². The lowest BCUT2D eigenvalue weighted by molar-refractivity contribution is -0.154. The average molecular weight is 478 g/mol. The second kappa shape index (κ2) is 14.9. The Labute approximate surface area is 210 Å². The maximum Gasteiger partial charge on any atom is 0.311 e. The van der Waals surface area contributed by atoms with Crippen molar-refractivity contribution in [3.05, 3.63) is 59.7 Å². The molecule has 0 N–H and O–H groups in total. The highest BCUT2D eigenvalue weighted by molar-refractivity contribution is 5.89. The highest BCUT2D eigenvalue weighted by Gasteiger charge is 2.26. The molecule has 0 aliphatic rings. The number of ether oxygens (including phenoxy) is 3. The fraction of sp³-hybridized carbons (Fsp3) is 0.467. The first kappa shape index (κ1) is 28.0. The number of nitrogens with zero attached hydrogens (tertiary/aromatic N) is 1. The Balaban J connectivity index is 1.69. The zero-order chi connectivity index (χ0) is 25.5. The van der Waals surface area contributed by atoms with E-state index in [1.807, 2.05) is 75.4 Å². The highest BCUT2D eigenvalue weighted by atomic mass is 16.5. The molecule has 2 rings (SSSR count). The van der Waals surface area contributed by atoms with Crippen LogP contribution in [0.25, 0.3) is 11.6 Å². The summed E-state index contributed by atoms with van der Waals surface area (Å²) in [5, 5.41) is 9.54. The smallest absolute Gasteiger partial charge is 0.311 e. The fourth-order valence-corrected chi connectivity index (χ4v) is 3.46. The molecule has 188 valence electrons. The van der Waals surface area contributed by atoms with E-state index >= 15 is 0 Å². The minimum atomic E-state index is -0.387. The Bertz CT molecular complexity index is 989. The van der Waals surface area contributed by atoms with Gasteiger partial charge in [-0.25, -0.2) is 0 Å². The number of carbonyl (C=O) groups is 1. The molecule has 0 radical (unpaired) electrons. The van der Waals surface area contributed by atoms with Gasteiger partial charge in [-0.15, -0.1) is 0 Å². The molecule has 35 heavy (non-hydrogen) atoms. The third kappa shape index (κ3) is 9.48. The summed E-state index contributed by atoms with van der Waals surface area (Å²) in [6, 6.07) is 17.6. The van der Waals surface area contributed by atoms with Crippen molar-refractivity contribution in [3.63, 3.8) is 0 Å². The number of methoxy groups -OCH3 is 1. The van der Waals surface area contributed by atoms with E-state index in [9.17, 15) is 10.1 Å². The summed E-state index contributed by atoms with van der Waals surface area (Å²) in [5.41, 5.74) is 1.99. The molecule has 0 amide bonds. The van der Waals surface area contributed by atoms with Gasteiger partial charge in [0.15, 0.2) is 11.5 Å². The minimum absolute atomic E-state index is 0.0988. The summed E-state index contributed by atoms with van der Waals surface area (Å²) >= 11 is 0. The summed E-state index contributed by atoms with van der Waals surface area (Å²) in [6.45, 7) is 7.00. The number of hydrogen-bond donors (Lipinski definition) is 0. The molecule has 0 unspecified atom stereocenters. The van der Waals surface area contributed by atoms with Crippen LogP contribution in [0.2, 0.25) is 0 Å². The SMILES string of the molecule is CCC(C)(C)C(=O)OCCCCCCCCOc1ccc(/C=C(\C#N)c2ccccc2)cc1OC. The lowest BCUT2D eigenvalue weighted by Crippen LogP contribution is -2.26. The molecule has 0 aliphatic carbocycles.